The average molecular weight is 582 g/mol. The van der Waals surface area contributed by atoms with E-state index in [9.17, 15) is 27.2 Å². The highest BCUT2D eigenvalue weighted by atomic mass is 32.2. The van der Waals surface area contributed by atoms with Gasteiger partial charge in [0.2, 0.25) is 21.8 Å². The maximum absolute atomic E-state index is 14.8. The first kappa shape index (κ1) is 31.5. The van der Waals surface area contributed by atoms with Crippen molar-refractivity contribution in [1.82, 2.24) is 10.2 Å². The van der Waals surface area contributed by atoms with E-state index in [2.05, 4.69) is 5.32 Å². The van der Waals surface area contributed by atoms with Crippen molar-refractivity contribution in [3.8, 4) is 0 Å². The number of rotatable bonds is 13. The molecule has 0 saturated heterocycles. The molecule has 2 amide bonds. The van der Waals surface area contributed by atoms with Crippen molar-refractivity contribution in [1.29, 1.82) is 0 Å². The number of amides is 2. The van der Waals surface area contributed by atoms with Gasteiger partial charge in [-0.3, -0.25) is 18.7 Å². The van der Waals surface area contributed by atoms with E-state index in [1.54, 1.807) is 12.1 Å². The monoisotopic (exact) mass is 581 g/mol. The van der Waals surface area contributed by atoms with E-state index >= 15 is 0 Å². The third-order valence-electron chi connectivity index (χ3n) is 6.79. The smallest absolute Gasteiger partial charge is 0.244 e. The molecule has 0 unspecified atom stereocenters. The lowest BCUT2D eigenvalue weighted by Crippen LogP contribution is -2.54. The SMILES string of the molecule is CC[C@@H](C)NC(=O)[C@H](Cc1ccccc1)N(Cc1ccccc1F)C(=O)CN(c1cccc(C(C)=O)c1)S(C)(=O)=O. The van der Waals surface area contributed by atoms with E-state index in [1.807, 2.05) is 44.2 Å². The lowest BCUT2D eigenvalue weighted by molar-refractivity contribution is -0.140. The molecular weight excluding hydrogens is 545 g/mol. The van der Waals surface area contributed by atoms with E-state index in [1.165, 1.54) is 48.2 Å². The van der Waals surface area contributed by atoms with Crippen LogP contribution in [0.15, 0.2) is 78.9 Å². The van der Waals surface area contributed by atoms with Crippen LogP contribution in [-0.4, -0.2) is 55.8 Å². The van der Waals surface area contributed by atoms with Crippen LogP contribution in [0.3, 0.4) is 0 Å². The normalized spacial score (nSPS) is 12.7. The van der Waals surface area contributed by atoms with Crippen molar-refractivity contribution in [3.05, 3.63) is 101 Å². The predicted octanol–water partition coefficient (Wildman–Crippen LogP) is 4.35. The Morgan fingerprint density at radius 1 is 0.951 bits per heavy atom. The van der Waals surface area contributed by atoms with E-state index in [0.717, 1.165) is 16.1 Å². The molecule has 0 spiro atoms. The summed E-state index contributed by atoms with van der Waals surface area (Å²) in [4.78, 5) is 40.9. The molecule has 8 nitrogen and oxygen atoms in total. The zero-order valence-electron chi connectivity index (χ0n) is 23.7. The number of anilines is 1. The lowest BCUT2D eigenvalue weighted by Gasteiger charge is -2.34. The van der Waals surface area contributed by atoms with E-state index in [0.29, 0.717) is 6.42 Å². The summed E-state index contributed by atoms with van der Waals surface area (Å²) in [5.74, 6) is -1.96. The number of carbonyl (C=O) groups is 3. The van der Waals surface area contributed by atoms with Crippen LogP contribution >= 0.6 is 0 Å². The van der Waals surface area contributed by atoms with Crippen LogP contribution in [0.25, 0.3) is 0 Å². The Kier molecular flexibility index (Phi) is 10.8. The minimum Gasteiger partial charge on any atom is -0.352 e. The molecule has 0 aliphatic carbocycles. The predicted molar refractivity (Wildman–Crippen MR) is 157 cm³/mol. The zero-order valence-corrected chi connectivity index (χ0v) is 24.5. The van der Waals surface area contributed by atoms with Gasteiger partial charge in [0.05, 0.1) is 11.9 Å². The number of halogens is 1. The molecule has 2 atom stereocenters. The average Bonchev–Trinajstić information content (AvgIpc) is 2.94. The van der Waals surface area contributed by atoms with Crippen LogP contribution in [0, 0.1) is 5.82 Å². The molecule has 1 N–H and O–H groups in total. The second-order valence-corrected chi connectivity index (χ2v) is 11.9. The van der Waals surface area contributed by atoms with Crippen LogP contribution in [0.2, 0.25) is 0 Å². The quantitative estimate of drug-likeness (QED) is 0.303. The molecule has 0 aromatic heterocycles. The van der Waals surface area contributed by atoms with E-state index < -0.39 is 40.2 Å². The van der Waals surface area contributed by atoms with Gasteiger partial charge in [0.25, 0.3) is 0 Å². The summed E-state index contributed by atoms with van der Waals surface area (Å²) in [5, 5.41) is 2.92. The Bertz CT molecular complexity index is 1480. The highest BCUT2D eigenvalue weighted by molar-refractivity contribution is 7.92. The zero-order chi connectivity index (χ0) is 30.2. The number of carbonyl (C=O) groups excluding carboxylic acids is 3. The standard InChI is InChI=1S/C31H36FN3O5S/c1-5-22(2)33-31(38)29(18-24-12-7-6-8-13-24)34(20-26-14-9-10-17-28(26)32)30(37)21-35(41(4,39)40)27-16-11-15-25(19-27)23(3)36/h6-17,19,22,29H,5,18,20-21H2,1-4H3,(H,33,38)/t22-,29+/m1/s1. The van der Waals surface area contributed by atoms with Gasteiger partial charge in [-0.2, -0.15) is 0 Å². The van der Waals surface area contributed by atoms with Gasteiger partial charge in [-0.25, -0.2) is 12.8 Å². The van der Waals surface area contributed by atoms with Gasteiger partial charge in [-0.1, -0.05) is 67.6 Å². The summed E-state index contributed by atoms with van der Waals surface area (Å²) in [6.45, 7) is 4.19. The number of sulfonamides is 1. The van der Waals surface area contributed by atoms with Gasteiger partial charge in [0.1, 0.15) is 18.4 Å². The highest BCUT2D eigenvalue weighted by Crippen LogP contribution is 2.22. The molecule has 0 radical (unpaired) electrons. The van der Waals surface area contributed by atoms with Gasteiger partial charge in [-0.15, -0.1) is 0 Å². The highest BCUT2D eigenvalue weighted by Gasteiger charge is 2.34. The molecule has 0 heterocycles. The minimum absolute atomic E-state index is 0.127. The summed E-state index contributed by atoms with van der Waals surface area (Å²) < 4.78 is 41.5. The van der Waals surface area contributed by atoms with Crippen LogP contribution < -0.4 is 9.62 Å². The fourth-order valence-electron chi connectivity index (χ4n) is 4.30. The number of Topliss-reactive ketones (excluding diaryl/α,β-unsaturated/α-hetero) is 1. The van der Waals surface area contributed by atoms with Crippen LogP contribution in [-0.2, 0) is 32.6 Å². The third-order valence-corrected chi connectivity index (χ3v) is 7.93. The molecule has 41 heavy (non-hydrogen) atoms. The van der Waals surface area contributed by atoms with Gasteiger partial charge < -0.3 is 10.2 Å². The second kappa shape index (κ2) is 14.0. The molecule has 10 heteroatoms. The van der Waals surface area contributed by atoms with Crippen LogP contribution in [0.4, 0.5) is 10.1 Å². The molecule has 218 valence electrons. The van der Waals surface area contributed by atoms with E-state index in [4.69, 9.17) is 0 Å². The molecule has 0 bridgehead atoms. The number of hydrogen-bond donors (Lipinski definition) is 1. The van der Waals surface area contributed by atoms with Crippen LogP contribution in [0.1, 0.15) is 48.7 Å². The number of ketones is 1. The molecule has 3 rings (SSSR count). The van der Waals surface area contributed by atoms with Gasteiger partial charge in [0, 0.05) is 30.1 Å². The summed E-state index contributed by atoms with van der Waals surface area (Å²) >= 11 is 0. The summed E-state index contributed by atoms with van der Waals surface area (Å²) in [6, 6.07) is 19.8. The number of benzene rings is 3. The molecule has 0 aliphatic rings. The minimum atomic E-state index is -4.00. The molecular formula is C31H36FN3O5S. The Morgan fingerprint density at radius 3 is 2.22 bits per heavy atom. The van der Waals surface area contributed by atoms with Crippen molar-refractivity contribution in [2.75, 3.05) is 17.1 Å². The number of hydrogen-bond acceptors (Lipinski definition) is 5. The van der Waals surface area contributed by atoms with Crippen molar-refractivity contribution >= 4 is 33.3 Å². The first-order chi connectivity index (χ1) is 19.4. The Morgan fingerprint density at radius 2 is 1.61 bits per heavy atom. The first-order valence-corrected chi connectivity index (χ1v) is 15.2. The molecule has 3 aromatic rings. The Hall–Kier alpha value is -4.05. The maximum atomic E-state index is 14.8. The van der Waals surface area contributed by atoms with Crippen LogP contribution in [0.5, 0.6) is 0 Å². The molecule has 3 aromatic carbocycles. The van der Waals surface area contributed by atoms with Gasteiger partial charge >= 0.3 is 0 Å². The van der Waals surface area contributed by atoms with Crippen molar-refractivity contribution in [2.24, 2.45) is 0 Å². The largest absolute Gasteiger partial charge is 0.352 e. The second-order valence-electron chi connectivity index (χ2n) is 10.0. The van der Waals surface area contributed by atoms with E-state index in [-0.39, 0.29) is 41.6 Å². The Balaban J connectivity index is 2.09. The number of nitrogens with zero attached hydrogens (tertiary/aromatic N) is 2. The van der Waals surface area contributed by atoms with Crippen molar-refractivity contribution < 1.29 is 27.2 Å². The first-order valence-electron chi connectivity index (χ1n) is 13.4. The maximum Gasteiger partial charge on any atom is 0.244 e. The summed E-state index contributed by atoms with van der Waals surface area (Å²) in [7, 11) is -4.00. The molecule has 0 saturated carbocycles. The fourth-order valence-corrected chi connectivity index (χ4v) is 5.14. The fraction of sp³-hybridized carbons (Fsp3) is 0.323. The van der Waals surface area contributed by atoms with Gasteiger partial charge in [-0.05, 0) is 44.0 Å². The van der Waals surface area contributed by atoms with Gasteiger partial charge in [0.15, 0.2) is 5.78 Å². The summed E-state index contributed by atoms with van der Waals surface area (Å²) in [5.41, 5.74) is 1.36. The lowest BCUT2D eigenvalue weighted by atomic mass is 10.0. The van der Waals surface area contributed by atoms with Crippen molar-refractivity contribution in [2.45, 2.75) is 52.2 Å². The molecule has 0 fully saturated rings. The molecule has 0 aliphatic heterocycles. The number of nitrogens with one attached hydrogen (secondary N) is 1. The summed E-state index contributed by atoms with van der Waals surface area (Å²) in [6.07, 6.45) is 1.74. The van der Waals surface area contributed by atoms with Crippen molar-refractivity contribution in [3.63, 3.8) is 0 Å². The Labute approximate surface area is 241 Å². The third kappa shape index (κ3) is 8.72. The topological polar surface area (TPSA) is 104 Å².